The zero-order chi connectivity index (χ0) is 8.81. The Morgan fingerprint density at radius 1 is 1.58 bits per heavy atom. The van der Waals surface area contributed by atoms with Gasteiger partial charge in [0.05, 0.1) is 11.9 Å². The van der Waals surface area contributed by atoms with Crippen LogP contribution >= 0.6 is 0 Å². The molecule has 0 spiro atoms. The van der Waals surface area contributed by atoms with E-state index in [1.54, 1.807) is 6.08 Å². The zero-order valence-corrected chi connectivity index (χ0v) is 6.68. The molecule has 3 nitrogen and oxygen atoms in total. The maximum absolute atomic E-state index is 9.99. The predicted molar refractivity (Wildman–Crippen MR) is 49.1 cm³/mol. The van der Waals surface area contributed by atoms with Crippen molar-refractivity contribution in [3.63, 3.8) is 0 Å². The lowest BCUT2D eigenvalue weighted by Crippen LogP contribution is -2.16. The lowest BCUT2D eigenvalue weighted by atomic mass is 10.3. The van der Waals surface area contributed by atoms with Crippen LogP contribution in [0.2, 0.25) is 0 Å². The van der Waals surface area contributed by atoms with E-state index in [0.717, 1.165) is 5.70 Å². The van der Waals surface area contributed by atoms with Gasteiger partial charge in [0.1, 0.15) is 0 Å². The molecular weight excluding hydrogens is 152 g/mol. The van der Waals surface area contributed by atoms with E-state index < -0.39 is 0 Å². The lowest BCUT2D eigenvalue weighted by Gasteiger charge is -2.20. The molecule has 0 aromatic rings. The standard InChI is InChI=1S/C9H10N2O/c1-2-6-11-7-4-3-5-9(11)8-10-12/h2-5,7-8H,1,6H2/b9-8-. The maximum atomic E-state index is 9.99. The second-order valence-corrected chi connectivity index (χ2v) is 2.30. The number of rotatable bonds is 3. The Kier molecular flexibility index (Phi) is 3.02. The summed E-state index contributed by atoms with van der Waals surface area (Å²) in [5.41, 5.74) is 0.785. The lowest BCUT2D eigenvalue weighted by molar-refractivity contribution is 0.528. The first-order valence-corrected chi connectivity index (χ1v) is 3.63. The van der Waals surface area contributed by atoms with Gasteiger partial charge < -0.3 is 4.90 Å². The molecule has 0 fully saturated rings. The molecule has 0 unspecified atom stereocenters. The minimum Gasteiger partial charge on any atom is -0.343 e. The number of hydrogen-bond donors (Lipinski definition) is 0. The zero-order valence-electron chi connectivity index (χ0n) is 6.68. The minimum atomic E-state index is 0.683. The summed E-state index contributed by atoms with van der Waals surface area (Å²) < 4.78 is 0. The second kappa shape index (κ2) is 4.28. The Balaban J connectivity index is 2.76. The quantitative estimate of drug-likeness (QED) is 0.470. The molecule has 0 aliphatic carbocycles. The summed E-state index contributed by atoms with van der Waals surface area (Å²) in [6, 6.07) is 0. The monoisotopic (exact) mass is 162 g/mol. The summed E-state index contributed by atoms with van der Waals surface area (Å²) in [7, 11) is 0. The fraction of sp³-hybridized carbons (Fsp3) is 0.111. The third-order valence-corrected chi connectivity index (χ3v) is 1.49. The van der Waals surface area contributed by atoms with Gasteiger partial charge in [0.25, 0.3) is 0 Å². The molecule has 3 heteroatoms. The largest absolute Gasteiger partial charge is 0.343 e. The van der Waals surface area contributed by atoms with Crippen LogP contribution in [-0.4, -0.2) is 11.4 Å². The van der Waals surface area contributed by atoms with Gasteiger partial charge in [0, 0.05) is 12.7 Å². The van der Waals surface area contributed by atoms with Crippen molar-refractivity contribution < 1.29 is 0 Å². The Morgan fingerprint density at radius 2 is 2.42 bits per heavy atom. The van der Waals surface area contributed by atoms with Gasteiger partial charge in [-0.2, -0.15) is 0 Å². The molecule has 1 aliphatic heterocycles. The average molecular weight is 162 g/mol. The molecule has 1 heterocycles. The minimum absolute atomic E-state index is 0.683. The summed E-state index contributed by atoms with van der Waals surface area (Å²) >= 11 is 0. The summed E-state index contributed by atoms with van der Waals surface area (Å²) in [5.74, 6) is 0. The Bertz CT molecular complexity index is 264. The van der Waals surface area contributed by atoms with Gasteiger partial charge in [-0.25, -0.2) is 0 Å². The molecule has 0 saturated carbocycles. The fourth-order valence-corrected chi connectivity index (χ4v) is 0.966. The summed E-state index contributed by atoms with van der Waals surface area (Å²) in [6.07, 6.45) is 10.5. The molecule has 12 heavy (non-hydrogen) atoms. The molecule has 62 valence electrons. The maximum Gasteiger partial charge on any atom is 0.0951 e. The highest BCUT2D eigenvalue weighted by Crippen LogP contribution is 2.11. The topological polar surface area (TPSA) is 32.7 Å². The number of nitroso groups, excluding NO2 is 1. The van der Waals surface area contributed by atoms with Gasteiger partial charge >= 0.3 is 0 Å². The first-order valence-electron chi connectivity index (χ1n) is 3.63. The molecule has 1 rings (SSSR count). The van der Waals surface area contributed by atoms with E-state index in [1.807, 2.05) is 29.3 Å². The van der Waals surface area contributed by atoms with Crippen molar-refractivity contribution in [2.45, 2.75) is 0 Å². The fourth-order valence-electron chi connectivity index (χ4n) is 0.966. The number of hydrogen-bond acceptors (Lipinski definition) is 3. The molecule has 0 radical (unpaired) electrons. The molecule has 0 amide bonds. The van der Waals surface area contributed by atoms with Crippen molar-refractivity contribution in [1.29, 1.82) is 0 Å². The molecule has 0 atom stereocenters. The highest BCUT2D eigenvalue weighted by Gasteiger charge is 2.03. The van der Waals surface area contributed by atoms with Crippen LogP contribution in [0.1, 0.15) is 0 Å². The third-order valence-electron chi connectivity index (χ3n) is 1.49. The highest BCUT2D eigenvalue weighted by atomic mass is 16.2. The molecule has 0 N–H and O–H groups in total. The summed E-state index contributed by atoms with van der Waals surface area (Å²) in [4.78, 5) is 11.9. The van der Waals surface area contributed by atoms with Crippen LogP contribution < -0.4 is 0 Å². The summed E-state index contributed by atoms with van der Waals surface area (Å²) in [5, 5.41) is 2.72. The van der Waals surface area contributed by atoms with Crippen LogP contribution in [-0.2, 0) is 0 Å². The SMILES string of the molecule is C=CCN1C=CC=C/C1=C/N=O. The highest BCUT2D eigenvalue weighted by molar-refractivity contribution is 5.27. The van der Waals surface area contributed by atoms with E-state index in [9.17, 15) is 4.91 Å². The van der Waals surface area contributed by atoms with Gasteiger partial charge in [0.2, 0.25) is 0 Å². The van der Waals surface area contributed by atoms with Crippen molar-refractivity contribution in [2.75, 3.05) is 6.54 Å². The van der Waals surface area contributed by atoms with E-state index in [4.69, 9.17) is 0 Å². The van der Waals surface area contributed by atoms with E-state index in [0.29, 0.717) is 6.54 Å². The van der Waals surface area contributed by atoms with Crippen molar-refractivity contribution in [2.24, 2.45) is 5.18 Å². The first kappa shape index (κ1) is 8.46. The number of allylic oxidation sites excluding steroid dienone is 3. The first-order chi connectivity index (χ1) is 5.88. The van der Waals surface area contributed by atoms with Crippen molar-refractivity contribution in [3.05, 3.63) is 53.9 Å². The Hall–Kier alpha value is -1.64. The van der Waals surface area contributed by atoms with E-state index in [1.165, 1.54) is 6.20 Å². The normalized spacial score (nSPS) is 18.3. The van der Waals surface area contributed by atoms with Crippen LogP contribution in [0.15, 0.2) is 54.2 Å². The van der Waals surface area contributed by atoms with Crippen LogP contribution in [0.3, 0.4) is 0 Å². The number of nitrogens with zero attached hydrogens (tertiary/aromatic N) is 2. The van der Waals surface area contributed by atoms with Crippen LogP contribution in [0.5, 0.6) is 0 Å². The molecule has 0 aromatic heterocycles. The van der Waals surface area contributed by atoms with E-state index in [-0.39, 0.29) is 0 Å². The van der Waals surface area contributed by atoms with E-state index in [2.05, 4.69) is 11.8 Å². The van der Waals surface area contributed by atoms with Crippen LogP contribution in [0.4, 0.5) is 0 Å². The van der Waals surface area contributed by atoms with Gasteiger partial charge in [-0.3, -0.25) is 0 Å². The van der Waals surface area contributed by atoms with Crippen LogP contribution in [0, 0.1) is 4.91 Å². The average Bonchev–Trinajstić information content (AvgIpc) is 2.09. The Labute approximate surface area is 71.3 Å². The molecule has 1 aliphatic rings. The summed E-state index contributed by atoms with van der Waals surface area (Å²) in [6.45, 7) is 4.30. The van der Waals surface area contributed by atoms with Crippen molar-refractivity contribution >= 4 is 0 Å². The van der Waals surface area contributed by atoms with Crippen molar-refractivity contribution in [3.8, 4) is 0 Å². The van der Waals surface area contributed by atoms with Gasteiger partial charge in [-0.05, 0) is 17.3 Å². The third kappa shape index (κ3) is 1.92. The molecular formula is C9H10N2O. The Morgan fingerprint density at radius 3 is 3.08 bits per heavy atom. The predicted octanol–water partition coefficient (Wildman–Crippen LogP) is 2.17. The van der Waals surface area contributed by atoms with Gasteiger partial charge in [-0.1, -0.05) is 12.2 Å². The van der Waals surface area contributed by atoms with Gasteiger partial charge in [0.15, 0.2) is 0 Å². The van der Waals surface area contributed by atoms with Crippen molar-refractivity contribution in [1.82, 2.24) is 4.90 Å². The second-order valence-electron chi connectivity index (χ2n) is 2.30. The molecule has 0 bridgehead atoms. The van der Waals surface area contributed by atoms with E-state index >= 15 is 0 Å². The smallest absolute Gasteiger partial charge is 0.0951 e. The van der Waals surface area contributed by atoms with Gasteiger partial charge in [-0.15, -0.1) is 11.5 Å². The molecule has 0 saturated heterocycles. The molecule has 0 aromatic carbocycles. The van der Waals surface area contributed by atoms with Crippen LogP contribution in [0.25, 0.3) is 0 Å².